The Kier molecular flexibility index (Phi) is 4.05. The normalized spacial score (nSPS) is 15.6. The molecular weight excluding hydrogens is 309 g/mol. The molecule has 1 unspecified atom stereocenters. The summed E-state index contributed by atoms with van der Waals surface area (Å²) in [4.78, 5) is 11.8. The lowest BCUT2D eigenvalue weighted by Gasteiger charge is -2.24. The summed E-state index contributed by atoms with van der Waals surface area (Å²) in [5, 5.41) is 9.32. The Hall–Kier alpha value is -3.13. The maximum absolute atomic E-state index is 13.4. The van der Waals surface area contributed by atoms with Crippen LogP contribution in [0.4, 0.5) is 4.39 Å². The van der Waals surface area contributed by atoms with Gasteiger partial charge in [0.2, 0.25) is 0 Å². The summed E-state index contributed by atoms with van der Waals surface area (Å²) in [5.74, 6) is -0.337. The zero-order valence-electron chi connectivity index (χ0n) is 13.2. The van der Waals surface area contributed by atoms with Gasteiger partial charge in [0.15, 0.2) is 0 Å². The van der Waals surface area contributed by atoms with Gasteiger partial charge in [-0.25, -0.2) is 9.18 Å². The van der Waals surface area contributed by atoms with Crippen molar-refractivity contribution in [3.05, 3.63) is 70.5 Å². The van der Waals surface area contributed by atoms with Crippen LogP contribution in [-0.4, -0.2) is 19.2 Å². The Morgan fingerprint density at radius 1 is 1.25 bits per heavy atom. The van der Waals surface area contributed by atoms with Crippen LogP contribution in [-0.2, 0) is 4.74 Å². The highest BCUT2D eigenvalue weighted by Crippen LogP contribution is 2.38. The first-order chi connectivity index (χ1) is 11.5. The molecule has 120 valence electrons. The molecule has 0 bridgehead atoms. The molecule has 1 aliphatic heterocycles. The molecule has 2 aromatic carbocycles. The number of methoxy groups -OCH3 is 1. The zero-order valence-corrected chi connectivity index (χ0v) is 13.2. The summed E-state index contributed by atoms with van der Waals surface area (Å²) in [5.41, 5.74) is 2.59. The van der Waals surface area contributed by atoms with Gasteiger partial charge in [-0.15, -0.1) is 0 Å². The fourth-order valence-electron chi connectivity index (χ4n) is 2.73. The molecule has 0 spiro atoms. The number of halogens is 1. The number of rotatable bonds is 2. The van der Waals surface area contributed by atoms with Gasteiger partial charge < -0.3 is 9.47 Å². The van der Waals surface area contributed by atoms with E-state index in [-0.39, 0.29) is 11.7 Å². The maximum atomic E-state index is 13.4. The van der Waals surface area contributed by atoms with Gasteiger partial charge in [0.1, 0.15) is 17.7 Å². The highest BCUT2D eigenvalue weighted by atomic mass is 19.1. The lowest BCUT2D eigenvalue weighted by atomic mass is 9.90. The van der Waals surface area contributed by atoms with E-state index in [0.29, 0.717) is 22.4 Å². The molecule has 0 radical (unpaired) electrons. The largest absolute Gasteiger partial charge is 0.486 e. The third-order valence-corrected chi connectivity index (χ3v) is 3.80. The fraction of sp³-hybridized carbons (Fsp3) is 0.158. The molecule has 0 aromatic heterocycles. The van der Waals surface area contributed by atoms with Crippen LogP contribution < -0.4 is 4.74 Å². The minimum atomic E-state index is -0.473. The van der Waals surface area contributed by atoms with Crippen LogP contribution in [0.15, 0.2) is 42.5 Å². The van der Waals surface area contributed by atoms with Crippen molar-refractivity contribution in [2.75, 3.05) is 7.11 Å². The molecule has 24 heavy (non-hydrogen) atoms. The third-order valence-electron chi connectivity index (χ3n) is 3.80. The van der Waals surface area contributed by atoms with Crippen molar-refractivity contribution in [2.45, 2.75) is 13.0 Å². The molecule has 0 saturated carbocycles. The van der Waals surface area contributed by atoms with Crippen LogP contribution in [0.25, 0.3) is 5.57 Å². The minimum absolute atomic E-state index is 0.215. The Bertz CT molecular complexity index is 896. The van der Waals surface area contributed by atoms with Crippen molar-refractivity contribution in [1.29, 1.82) is 5.26 Å². The van der Waals surface area contributed by atoms with Gasteiger partial charge in [-0.05, 0) is 48.9 Å². The third kappa shape index (κ3) is 2.74. The van der Waals surface area contributed by atoms with Crippen LogP contribution in [0, 0.1) is 17.1 Å². The second-order valence-electron chi connectivity index (χ2n) is 5.41. The number of carbonyl (C=O) groups is 1. The number of carbonyl (C=O) groups excluding carboxylic acids is 1. The summed E-state index contributed by atoms with van der Waals surface area (Å²) in [6.07, 6.45) is 1.63. The number of nitriles is 1. The van der Waals surface area contributed by atoms with E-state index < -0.39 is 11.8 Å². The van der Waals surface area contributed by atoms with Crippen molar-refractivity contribution in [3.8, 4) is 11.8 Å². The molecule has 5 heteroatoms. The number of hydrogen-bond acceptors (Lipinski definition) is 4. The Balaban J connectivity index is 2.20. The van der Waals surface area contributed by atoms with Crippen molar-refractivity contribution in [3.63, 3.8) is 0 Å². The molecule has 1 heterocycles. The molecule has 4 nitrogen and oxygen atoms in total. The molecule has 0 aliphatic carbocycles. The lowest BCUT2D eigenvalue weighted by Crippen LogP contribution is -2.16. The van der Waals surface area contributed by atoms with E-state index in [0.717, 1.165) is 5.57 Å². The first-order valence-electron chi connectivity index (χ1n) is 7.34. The van der Waals surface area contributed by atoms with Gasteiger partial charge >= 0.3 is 5.97 Å². The van der Waals surface area contributed by atoms with Gasteiger partial charge in [0, 0.05) is 11.1 Å². The fourth-order valence-corrected chi connectivity index (χ4v) is 2.73. The number of fused-ring (bicyclic) bond motifs is 1. The predicted octanol–water partition coefficient (Wildman–Crippen LogP) is 3.70. The first-order valence-corrected chi connectivity index (χ1v) is 7.34. The molecule has 0 amide bonds. The van der Waals surface area contributed by atoms with Crippen LogP contribution in [0.2, 0.25) is 0 Å². The minimum Gasteiger partial charge on any atom is -0.486 e. The average Bonchev–Trinajstić information content (AvgIpc) is 2.59. The zero-order chi connectivity index (χ0) is 17.3. The summed E-state index contributed by atoms with van der Waals surface area (Å²) in [7, 11) is 1.31. The molecular formula is C19H14FNO3. The van der Waals surface area contributed by atoms with Gasteiger partial charge in [0.25, 0.3) is 0 Å². The number of nitrogens with zero attached hydrogens (tertiary/aromatic N) is 1. The van der Waals surface area contributed by atoms with Gasteiger partial charge in [-0.1, -0.05) is 6.07 Å². The Morgan fingerprint density at radius 3 is 2.75 bits per heavy atom. The number of ether oxygens (including phenoxy) is 2. The van der Waals surface area contributed by atoms with Crippen LogP contribution in [0.5, 0.6) is 5.75 Å². The predicted molar refractivity (Wildman–Crippen MR) is 86.1 cm³/mol. The lowest BCUT2D eigenvalue weighted by molar-refractivity contribution is 0.0600. The molecule has 1 atom stereocenters. The Labute approximate surface area is 138 Å². The van der Waals surface area contributed by atoms with E-state index >= 15 is 0 Å². The van der Waals surface area contributed by atoms with Gasteiger partial charge in [-0.2, -0.15) is 5.26 Å². The second kappa shape index (κ2) is 6.17. The molecule has 1 aliphatic rings. The smallest absolute Gasteiger partial charge is 0.337 e. The summed E-state index contributed by atoms with van der Waals surface area (Å²) >= 11 is 0. The van der Waals surface area contributed by atoms with Crippen molar-refractivity contribution >= 4 is 11.5 Å². The van der Waals surface area contributed by atoms with E-state index in [4.69, 9.17) is 9.47 Å². The summed E-state index contributed by atoms with van der Waals surface area (Å²) < 4.78 is 23.9. The highest BCUT2D eigenvalue weighted by Gasteiger charge is 2.23. The van der Waals surface area contributed by atoms with Crippen LogP contribution >= 0.6 is 0 Å². The van der Waals surface area contributed by atoms with Gasteiger partial charge in [-0.3, -0.25) is 0 Å². The van der Waals surface area contributed by atoms with Crippen molar-refractivity contribution in [1.82, 2.24) is 0 Å². The van der Waals surface area contributed by atoms with Crippen LogP contribution in [0.3, 0.4) is 0 Å². The second-order valence-corrected chi connectivity index (χ2v) is 5.41. The van der Waals surface area contributed by atoms with E-state index in [2.05, 4.69) is 0 Å². The standard InChI is InChI=1S/C19H14FNO3/c1-11-7-16(15-5-4-14(20)8-13(15)10-21)17-9-12(19(22)23-2)3-6-18(17)24-11/h3-9,11H,1-2H3. The van der Waals surface area contributed by atoms with E-state index in [1.165, 1.54) is 19.2 Å². The topological polar surface area (TPSA) is 59.3 Å². The first kappa shape index (κ1) is 15.8. The molecule has 0 N–H and O–H groups in total. The van der Waals surface area contributed by atoms with E-state index in [9.17, 15) is 14.4 Å². The number of benzene rings is 2. The molecule has 0 saturated heterocycles. The average molecular weight is 323 g/mol. The summed E-state index contributed by atoms with van der Waals surface area (Å²) in [6, 6.07) is 11.1. The van der Waals surface area contributed by atoms with Crippen LogP contribution in [0.1, 0.15) is 34.0 Å². The summed E-state index contributed by atoms with van der Waals surface area (Å²) in [6.45, 7) is 1.87. The Morgan fingerprint density at radius 2 is 2.04 bits per heavy atom. The monoisotopic (exact) mass is 323 g/mol. The quantitative estimate of drug-likeness (QED) is 0.791. The number of esters is 1. The molecule has 2 aromatic rings. The molecule has 3 rings (SSSR count). The maximum Gasteiger partial charge on any atom is 0.337 e. The molecule has 0 fully saturated rings. The van der Waals surface area contributed by atoms with E-state index in [1.807, 2.05) is 19.1 Å². The SMILES string of the molecule is COC(=O)c1ccc2c(c1)C(c1ccc(F)cc1C#N)=CC(C)O2. The highest BCUT2D eigenvalue weighted by molar-refractivity contribution is 5.93. The van der Waals surface area contributed by atoms with Crippen molar-refractivity contribution in [2.24, 2.45) is 0 Å². The number of hydrogen-bond donors (Lipinski definition) is 0. The van der Waals surface area contributed by atoms with Gasteiger partial charge in [0.05, 0.1) is 24.3 Å². The van der Waals surface area contributed by atoms with E-state index in [1.54, 1.807) is 24.3 Å². The van der Waals surface area contributed by atoms with Crippen molar-refractivity contribution < 1.29 is 18.7 Å².